The fourth-order valence-electron chi connectivity index (χ4n) is 4.36. The normalized spacial score (nSPS) is 20.6. The van der Waals surface area contributed by atoms with E-state index in [9.17, 15) is 10.2 Å². The summed E-state index contributed by atoms with van der Waals surface area (Å²) in [7, 11) is 1.78. The van der Waals surface area contributed by atoms with Crippen molar-refractivity contribution in [2.75, 3.05) is 25.5 Å². The summed E-state index contributed by atoms with van der Waals surface area (Å²) in [5.74, 6) is 2.57. The van der Waals surface area contributed by atoms with Crippen molar-refractivity contribution in [2.24, 2.45) is 0 Å². The zero-order valence-electron chi connectivity index (χ0n) is 20.3. The highest BCUT2D eigenvalue weighted by Gasteiger charge is 2.39. The van der Waals surface area contributed by atoms with E-state index in [1.54, 1.807) is 7.05 Å². The van der Waals surface area contributed by atoms with Crippen molar-refractivity contribution < 1.29 is 19.5 Å². The van der Waals surface area contributed by atoms with E-state index in [1.807, 2.05) is 52.0 Å². The Bertz CT molecular complexity index is 1130. The molecule has 1 atom stereocenters. The number of nitrogens with zero attached hydrogens (tertiary/aromatic N) is 3. The third kappa shape index (κ3) is 5.22. The molecule has 1 aliphatic carbocycles. The largest absolute Gasteiger partial charge is 0.491 e. The highest BCUT2D eigenvalue weighted by Crippen LogP contribution is 2.37. The molecule has 0 amide bonds. The highest BCUT2D eigenvalue weighted by molar-refractivity contribution is 5.74. The fourth-order valence-corrected chi connectivity index (χ4v) is 4.36. The summed E-state index contributed by atoms with van der Waals surface area (Å²) >= 11 is 0. The molecular weight excluding hydrogens is 434 g/mol. The number of benzene rings is 1. The highest BCUT2D eigenvalue weighted by atomic mass is 16.5. The van der Waals surface area contributed by atoms with E-state index in [1.165, 1.54) is 0 Å². The first-order chi connectivity index (χ1) is 16.2. The van der Waals surface area contributed by atoms with Crippen LogP contribution in [0.1, 0.15) is 36.8 Å². The molecule has 1 fully saturated rings. The van der Waals surface area contributed by atoms with Gasteiger partial charge in [0, 0.05) is 23.7 Å². The average Bonchev–Trinajstić information content (AvgIpc) is 3.11. The lowest BCUT2D eigenvalue weighted by Gasteiger charge is -2.41. The van der Waals surface area contributed by atoms with Crippen LogP contribution in [0.3, 0.4) is 0 Å². The second-order valence-electron chi connectivity index (χ2n) is 9.37. The van der Waals surface area contributed by atoms with Gasteiger partial charge < -0.3 is 30.1 Å². The number of hydrogen-bond donors (Lipinski definition) is 4. The molecule has 4 rings (SSSR count). The second kappa shape index (κ2) is 9.69. The van der Waals surface area contributed by atoms with Gasteiger partial charge in [-0.25, -0.2) is 9.97 Å². The lowest BCUT2D eigenvalue weighted by molar-refractivity contribution is -0.0235. The van der Waals surface area contributed by atoms with E-state index in [-0.39, 0.29) is 12.6 Å². The number of hydrogen-bond acceptors (Lipinski definition) is 9. The van der Waals surface area contributed by atoms with Crippen LogP contribution in [0.4, 0.5) is 5.82 Å². The molecule has 9 nitrogen and oxygen atoms in total. The Kier molecular flexibility index (Phi) is 6.88. The predicted octanol–water partition coefficient (Wildman–Crippen LogP) is 3.01. The van der Waals surface area contributed by atoms with Crippen LogP contribution in [0.5, 0.6) is 5.75 Å². The van der Waals surface area contributed by atoms with Gasteiger partial charge in [0.2, 0.25) is 0 Å². The minimum absolute atomic E-state index is 0.136. The molecule has 1 saturated carbocycles. The molecule has 3 aromatic rings. The van der Waals surface area contributed by atoms with Crippen LogP contribution < -0.4 is 15.4 Å². The van der Waals surface area contributed by atoms with E-state index in [2.05, 4.69) is 15.8 Å². The van der Waals surface area contributed by atoms with E-state index in [0.29, 0.717) is 36.7 Å². The summed E-state index contributed by atoms with van der Waals surface area (Å²) in [5.41, 5.74) is 3.41. The molecule has 2 heterocycles. The number of rotatable bonds is 9. The number of aliphatic hydroxyl groups excluding tert-OH is 1. The monoisotopic (exact) mass is 467 g/mol. The van der Waals surface area contributed by atoms with E-state index in [4.69, 9.17) is 19.2 Å². The molecule has 1 aromatic carbocycles. The number of likely N-dealkylation sites (N-methyl/N-ethyl adjacent to an activating group) is 1. The van der Waals surface area contributed by atoms with Crippen LogP contribution in [-0.2, 0) is 0 Å². The predicted molar refractivity (Wildman–Crippen MR) is 130 cm³/mol. The van der Waals surface area contributed by atoms with Gasteiger partial charge in [0.25, 0.3) is 0 Å². The third-order valence-corrected chi connectivity index (χ3v) is 6.10. The number of aryl methyl sites for hydroxylation is 2. The van der Waals surface area contributed by atoms with Gasteiger partial charge in [0.05, 0.1) is 22.6 Å². The first-order valence-electron chi connectivity index (χ1n) is 11.5. The number of aromatic nitrogens is 3. The van der Waals surface area contributed by atoms with Gasteiger partial charge in [-0.1, -0.05) is 17.3 Å². The molecule has 0 radical (unpaired) electrons. The molecule has 0 spiro atoms. The number of anilines is 1. The Morgan fingerprint density at radius 2 is 2.00 bits per heavy atom. The van der Waals surface area contributed by atoms with Gasteiger partial charge in [-0.05, 0) is 59.7 Å². The third-order valence-electron chi connectivity index (χ3n) is 6.10. The second-order valence-corrected chi connectivity index (χ2v) is 9.37. The molecule has 1 aliphatic rings. The zero-order valence-corrected chi connectivity index (χ0v) is 20.3. The Balaban J connectivity index is 1.70. The topological polar surface area (TPSA) is 126 Å². The van der Waals surface area contributed by atoms with Crippen LogP contribution in [0.2, 0.25) is 0 Å². The molecule has 2 aromatic heterocycles. The minimum atomic E-state index is -0.643. The number of ether oxygens (including phenoxy) is 1. The minimum Gasteiger partial charge on any atom is -0.491 e. The molecule has 0 saturated heterocycles. The van der Waals surface area contributed by atoms with Crippen LogP contribution >= 0.6 is 0 Å². The van der Waals surface area contributed by atoms with Crippen LogP contribution in [0.15, 0.2) is 28.8 Å². The first-order valence-corrected chi connectivity index (χ1v) is 11.5. The van der Waals surface area contributed by atoms with Crippen LogP contribution in [0.25, 0.3) is 22.6 Å². The average molecular weight is 468 g/mol. The standard InChI is InChI=1S/C25H33N5O4/c1-14-22(21-15(2)30-34-16(21)3)28-24(29-23(14)27-18-10-25(4,32)11-18)17-7-6-8-20(9-17)33-13-19(31)12-26-5/h6-9,18-19,26,31-32H,10-13H2,1-5H3,(H,27,28,29). The van der Waals surface area contributed by atoms with Crippen LogP contribution in [0, 0.1) is 20.8 Å². The molecule has 182 valence electrons. The fraction of sp³-hybridized carbons (Fsp3) is 0.480. The molecule has 34 heavy (non-hydrogen) atoms. The summed E-state index contributed by atoms with van der Waals surface area (Å²) in [6, 6.07) is 7.65. The molecule has 9 heteroatoms. The molecule has 4 N–H and O–H groups in total. The van der Waals surface area contributed by atoms with Gasteiger partial charge in [-0.2, -0.15) is 0 Å². The molecule has 0 aliphatic heterocycles. The molecule has 1 unspecified atom stereocenters. The van der Waals surface area contributed by atoms with Crippen molar-refractivity contribution in [3.05, 3.63) is 41.3 Å². The van der Waals surface area contributed by atoms with Crippen molar-refractivity contribution >= 4 is 5.82 Å². The Morgan fingerprint density at radius 3 is 2.65 bits per heavy atom. The summed E-state index contributed by atoms with van der Waals surface area (Å²) in [4.78, 5) is 9.74. The summed E-state index contributed by atoms with van der Waals surface area (Å²) in [5, 5.41) is 30.6. The van der Waals surface area contributed by atoms with E-state index < -0.39 is 11.7 Å². The lowest BCUT2D eigenvalue weighted by Crippen LogP contribution is -2.48. The Morgan fingerprint density at radius 1 is 1.24 bits per heavy atom. The lowest BCUT2D eigenvalue weighted by atomic mass is 9.77. The smallest absolute Gasteiger partial charge is 0.162 e. The first kappa shape index (κ1) is 24.1. The van der Waals surface area contributed by atoms with Crippen molar-refractivity contribution in [3.63, 3.8) is 0 Å². The molecule has 0 bridgehead atoms. The van der Waals surface area contributed by atoms with E-state index >= 15 is 0 Å². The van der Waals surface area contributed by atoms with Gasteiger partial charge >= 0.3 is 0 Å². The van der Waals surface area contributed by atoms with E-state index in [0.717, 1.165) is 33.9 Å². The molecular formula is C25H33N5O4. The van der Waals surface area contributed by atoms with Gasteiger partial charge in [0.1, 0.15) is 30.0 Å². The summed E-state index contributed by atoms with van der Waals surface area (Å²) in [6.07, 6.45) is 0.709. The van der Waals surface area contributed by atoms with Crippen molar-refractivity contribution in [2.45, 2.75) is 58.3 Å². The quantitative estimate of drug-likeness (QED) is 0.376. The van der Waals surface area contributed by atoms with Gasteiger partial charge in [-0.3, -0.25) is 0 Å². The Labute approximate surface area is 199 Å². The van der Waals surface area contributed by atoms with Gasteiger partial charge in [0.15, 0.2) is 5.82 Å². The van der Waals surface area contributed by atoms with Crippen molar-refractivity contribution in [1.82, 2.24) is 20.4 Å². The number of nitrogens with one attached hydrogen (secondary N) is 2. The van der Waals surface area contributed by atoms with Crippen LogP contribution in [-0.4, -0.2) is 63.3 Å². The maximum atomic E-state index is 10.2. The number of aliphatic hydroxyl groups is 2. The Hall–Kier alpha value is -3.01. The summed E-state index contributed by atoms with van der Waals surface area (Å²) in [6.45, 7) is 8.22. The summed E-state index contributed by atoms with van der Waals surface area (Å²) < 4.78 is 11.2. The van der Waals surface area contributed by atoms with Gasteiger partial charge in [-0.15, -0.1) is 0 Å². The SMILES string of the molecule is CNCC(O)COc1cccc(-c2nc(NC3CC(C)(O)C3)c(C)c(-c3c(C)noc3C)n2)c1. The van der Waals surface area contributed by atoms with Crippen molar-refractivity contribution in [1.29, 1.82) is 0 Å². The van der Waals surface area contributed by atoms with Crippen molar-refractivity contribution in [3.8, 4) is 28.4 Å². The zero-order chi connectivity index (χ0) is 24.5. The maximum Gasteiger partial charge on any atom is 0.162 e. The maximum absolute atomic E-state index is 10.2.